The molecule has 10 heteroatoms. The van der Waals surface area contributed by atoms with Gasteiger partial charge in [-0.05, 0) is 12.5 Å². The second-order valence-electron chi connectivity index (χ2n) is 6.03. The van der Waals surface area contributed by atoms with Gasteiger partial charge in [0.15, 0.2) is 0 Å². The zero-order valence-corrected chi connectivity index (χ0v) is 16.9. The summed E-state index contributed by atoms with van der Waals surface area (Å²) >= 11 is 1.73. The molecule has 0 spiro atoms. The number of imidazole rings is 1. The summed E-state index contributed by atoms with van der Waals surface area (Å²) in [7, 11) is -3.94. The molecule has 1 fully saturated rings. The molecule has 1 aliphatic heterocycles. The monoisotopic (exact) mass is 409 g/mol. The summed E-state index contributed by atoms with van der Waals surface area (Å²) in [6, 6.07) is 9.34. The number of aromatic amines is 1. The fourth-order valence-corrected chi connectivity index (χ4v) is 4.61. The summed E-state index contributed by atoms with van der Waals surface area (Å²) in [6.07, 6.45) is 1.69. The number of rotatable bonds is 9. The van der Waals surface area contributed by atoms with Crippen LogP contribution in [0.3, 0.4) is 0 Å². The quantitative estimate of drug-likeness (QED) is 0.432. The molecule has 3 N–H and O–H groups in total. The van der Waals surface area contributed by atoms with Crippen LogP contribution < -0.4 is 5.32 Å². The first-order valence-electron chi connectivity index (χ1n) is 8.70. The van der Waals surface area contributed by atoms with Crippen LogP contribution in [0.4, 0.5) is 0 Å². The van der Waals surface area contributed by atoms with Crippen LogP contribution in [-0.2, 0) is 21.4 Å². The van der Waals surface area contributed by atoms with Gasteiger partial charge in [0.25, 0.3) is 0 Å². The van der Waals surface area contributed by atoms with Crippen molar-refractivity contribution in [2.45, 2.75) is 19.3 Å². The Morgan fingerprint density at radius 2 is 2.22 bits per heavy atom. The van der Waals surface area contributed by atoms with Crippen LogP contribution in [0.2, 0.25) is 0 Å². The summed E-state index contributed by atoms with van der Waals surface area (Å²) in [4.78, 5) is 22.1. The maximum Gasteiger partial charge on any atom is 0.435 e. The summed E-state index contributed by atoms with van der Waals surface area (Å²) < 4.78 is 19.3. The van der Waals surface area contributed by atoms with Gasteiger partial charge in [0.05, 0.1) is 25.2 Å². The number of guanidine groups is 1. The van der Waals surface area contributed by atoms with Crippen LogP contribution in [0.5, 0.6) is 0 Å². The van der Waals surface area contributed by atoms with Gasteiger partial charge in [0.1, 0.15) is 0 Å². The molecule has 1 aromatic heterocycles. The van der Waals surface area contributed by atoms with Gasteiger partial charge < -0.3 is 15.2 Å². The largest absolute Gasteiger partial charge is 0.435 e. The zero-order valence-electron chi connectivity index (χ0n) is 15.2. The van der Waals surface area contributed by atoms with Crippen LogP contribution in [0.1, 0.15) is 17.0 Å². The van der Waals surface area contributed by atoms with E-state index in [1.807, 2.05) is 37.3 Å². The standard InChI is InChI=1S/C17H24N5O3PS/c1-14-16(21-13-20-14)12-27-10-8-19-17-18-7-9-22(17)26(23,24)25-11-15-5-3-2-4-6-15/h2-6,13H,7-12H2,1H3,(H,18,19)(H,20,21)(H,23,24). The molecule has 0 aliphatic carbocycles. The van der Waals surface area contributed by atoms with Gasteiger partial charge in [-0.15, -0.1) is 0 Å². The van der Waals surface area contributed by atoms with Gasteiger partial charge in [-0.25, -0.2) is 14.2 Å². The van der Waals surface area contributed by atoms with E-state index in [0.29, 0.717) is 25.6 Å². The lowest BCUT2D eigenvalue weighted by Crippen LogP contribution is -2.28. The van der Waals surface area contributed by atoms with E-state index >= 15 is 0 Å². The Hall–Kier alpha value is -1.80. The molecule has 0 amide bonds. The Labute approximate surface area is 163 Å². The maximum atomic E-state index is 12.6. The number of H-pyrrole nitrogens is 1. The van der Waals surface area contributed by atoms with Crippen molar-refractivity contribution in [1.29, 1.82) is 0 Å². The van der Waals surface area contributed by atoms with E-state index in [2.05, 4.69) is 20.3 Å². The number of aromatic nitrogens is 2. The van der Waals surface area contributed by atoms with Crippen LogP contribution in [0, 0.1) is 6.92 Å². The average Bonchev–Trinajstić information content (AvgIpc) is 3.30. The minimum atomic E-state index is -3.94. The van der Waals surface area contributed by atoms with Gasteiger partial charge in [-0.1, -0.05) is 30.3 Å². The number of hydrogen-bond donors (Lipinski definition) is 3. The second-order valence-corrected chi connectivity index (χ2v) is 8.86. The van der Waals surface area contributed by atoms with E-state index in [-0.39, 0.29) is 6.61 Å². The number of thioether (sulfide) groups is 1. The SMILES string of the molecule is Cc1[nH]cnc1CSCC/N=C1/NCCN1P(=O)(O)OCc1ccccc1. The lowest BCUT2D eigenvalue weighted by molar-refractivity contribution is 0.220. The van der Waals surface area contributed by atoms with Crippen molar-refractivity contribution in [3.05, 3.63) is 53.6 Å². The molecule has 2 aromatic rings. The van der Waals surface area contributed by atoms with E-state index in [4.69, 9.17) is 4.52 Å². The van der Waals surface area contributed by atoms with Crippen molar-refractivity contribution in [3.63, 3.8) is 0 Å². The third-order valence-corrected chi connectivity index (χ3v) is 6.48. The van der Waals surface area contributed by atoms with Crippen molar-refractivity contribution in [3.8, 4) is 0 Å². The highest BCUT2D eigenvalue weighted by Gasteiger charge is 2.35. The first-order chi connectivity index (χ1) is 13.1. The summed E-state index contributed by atoms with van der Waals surface area (Å²) in [5, 5.41) is 3.06. The molecule has 0 saturated carbocycles. The van der Waals surface area contributed by atoms with Gasteiger partial charge in [0, 0.05) is 30.3 Å². The minimum absolute atomic E-state index is 0.0806. The fourth-order valence-electron chi connectivity index (χ4n) is 2.57. The van der Waals surface area contributed by atoms with Crippen molar-refractivity contribution < 1.29 is 14.0 Å². The van der Waals surface area contributed by atoms with E-state index in [1.165, 1.54) is 4.67 Å². The molecule has 2 heterocycles. The van der Waals surface area contributed by atoms with E-state index in [0.717, 1.165) is 28.5 Å². The van der Waals surface area contributed by atoms with Crippen LogP contribution in [0.25, 0.3) is 0 Å². The van der Waals surface area contributed by atoms with Crippen LogP contribution in [0.15, 0.2) is 41.7 Å². The fraction of sp³-hybridized carbons (Fsp3) is 0.412. The van der Waals surface area contributed by atoms with E-state index in [9.17, 15) is 9.46 Å². The highest BCUT2D eigenvalue weighted by atomic mass is 32.2. The van der Waals surface area contributed by atoms with Gasteiger partial charge >= 0.3 is 7.75 Å². The molecule has 1 aromatic carbocycles. The molecule has 0 bridgehead atoms. The molecular weight excluding hydrogens is 385 g/mol. The van der Waals surface area contributed by atoms with Crippen molar-refractivity contribution in [2.24, 2.45) is 4.99 Å². The molecular formula is C17H24N5O3PS. The Morgan fingerprint density at radius 1 is 1.41 bits per heavy atom. The average molecular weight is 409 g/mol. The highest BCUT2D eigenvalue weighted by molar-refractivity contribution is 7.98. The number of hydrogen-bond acceptors (Lipinski definition) is 5. The number of aryl methyl sites for hydroxylation is 1. The summed E-state index contributed by atoms with van der Waals surface area (Å²) in [6.45, 7) is 3.58. The Kier molecular flexibility index (Phi) is 6.95. The smallest absolute Gasteiger partial charge is 0.354 e. The first kappa shape index (κ1) is 19.9. The predicted octanol–water partition coefficient (Wildman–Crippen LogP) is 2.53. The minimum Gasteiger partial charge on any atom is -0.354 e. The lowest BCUT2D eigenvalue weighted by Gasteiger charge is -2.23. The Balaban J connectivity index is 1.48. The normalized spacial score (nSPS) is 17.9. The molecule has 3 rings (SSSR count). The van der Waals surface area contributed by atoms with Gasteiger partial charge in [0.2, 0.25) is 5.96 Å². The molecule has 0 radical (unpaired) electrons. The van der Waals surface area contributed by atoms with Gasteiger partial charge in [-0.3, -0.25) is 9.52 Å². The molecule has 146 valence electrons. The van der Waals surface area contributed by atoms with Crippen LogP contribution in [-0.4, -0.2) is 50.9 Å². The third kappa shape index (κ3) is 5.59. The van der Waals surface area contributed by atoms with Crippen molar-refractivity contribution >= 4 is 25.5 Å². The van der Waals surface area contributed by atoms with E-state index < -0.39 is 7.75 Å². The Morgan fingerprint density at radius 3 is 2.96 bits per heavy atom. The van der Waals surface area contributed by atoms with Crippen molar-refractivity contribution in [1.82, 2.24) is 20.0 Å². The summed E-state index contributed by atoms with van der Waals surface area (Å²) in [5.74, 6) is 2.03. The molecule has 1 unspecified atom stereocenters. The van der Waals surface area contributed by atoms with E-state index in [1.54, 1.807) is 18.1 Å². The maximum absolute atomic E-state index is 12.6. The molecule has 8 nitrogen and oxygen atoms in total. The number of benzene rings is 1. The van der Waals surface area contributed by atoms with Crippen molar-refractivity contribution in [2.75, 3.05) is 25.4 Å². The molecule has 27 heavy (non-hydrogen) atoms. The summed E-state index contributed by atoms with van der Waals surface area (Å²) in [5.41, 5.74) is 2.97. The highest BCUT2D eigenvalue weighted by Crippen LogP contribution is 2.47. The second kappa shape index (κ2) is 9.41. The molecule has 1 atom stereocenters. The Bertz CT molecular complexity index is 814. The number of nitrogens with one attached hydrogen (secondary N) is 2. The molecule has 1 aliphatic rings. The number of aliphatic imine (C=N–C) groups is 1. The van der Waals surface area contributed by atoms with Crippen LogP contribution >= 0.6 is 19.5 Å². The topological polar surface area (TPSA) is 103 Å². The lowest BCUT2D eigenvalue weighted by atomic mass is 10.2. The zero-order chi connectivity index (χ0) is 19.1. The predicted molar refractivity (Wildman–Crippen MR) is 108 cm³/mol. The van der Waals surface area contributed by atoms with Gasteiger partial charge in [-0.2, -0.15) is 11.8 Å². The molecule has 1 saturated heterocycles. The first-order valence-corrected chi connectivity index (χ1v) is 11.4. The third-order valence-electron chi connectivity index (χ3n) is 4.07. The number of nitrogens with zero attached hydrogens (tertiary/aromatic N) is 3.